The number of benzene rings is 2. The van der Waals surface area contributed by atoms with Gasteiger partial charge in [0.05, 0.1) is 11.4 Å². The quantitative estimate of drug-likeness (QED) is 0.642. The van der Waals surface area contributed by atoms with Crippen LogP contribution in [0.4, 0.5) is 0 Å². The number of aryl methyl sites for hydroxylation is 3. The average Bonchev–Trinajstić information content (AvgIpc) is 2.81. The minimum atomic E-state index is 0.629. The van der Waals surface area contributed by atoms with E-state index in [-0.39, 0.29) is 0 Å². The zero-order chi connectivity index (χ0) is 15.0. The Morgan fingerprint density at radius 3 is 2.14 bits per heavy atom. The minimum absolute atomic E-state index is 0.629. The van der Waals surface area contributed by atoms with Crippen molar-refractivity contribution in [3.8, 4) is 16.9 Å². The van der Waals surface area contributed by atoms with Gasteiger partial charge in [-0.3, -0.25) is 0 Å². The van der Waals surface area contributed by atoms with Crippen LogP contribution >= 0.6 is 11.6 Å². The third kappa shape index (κ3) is 2.59. The normalized spacial score (nSPS) is 10.9. The summed E-state index contributed by atoms with van der Waals surface area (Å²) in [5.74, 6) is 0. The molecular formula is C18H17ClN2. The lowest BCUT2D eigenvalue weighted by Gasteiger charge is -2.12. The highest BCUT2D eigenvalue weighted by Gasteiger charge is 2.13. The van der Waals surface area contributed by atoms with Crippen molar-refractivity contribution in [2.45, 2.75) is 20.8 Å². The van der Waals surface area contributed by atoms with E-state index in [2.05, 4.69) is 38.0 Å². The fourth-order valence-electron chi connectivity index (χ4n) is 2.77. The largest absolute Gasteiger partial charge is 0.221 e. The fourth-order valence-corrected chi connectivity index (χ4v) is 3.00. The zero-order valence-electron chi connectivity index (χ0n) is 12.4. The lowest BCUT2D eigenvalue weighted by atomic mass is 10.1. The van der Waals surface area contributed by atoms with E-state index in [0.717, 1.165) is 16.9 Å². The third-order valence-corrected chi connectivity index (χ3v) is 3.85. The van der Waals surface area contributed by atoms with Crippen LogP contribution in [0, 0.1) is 20.8 Å². The number of hydrogen-bond acceptors (Lipinski definition) is 1. The van der Waals surface area contributed by atoms with Crippen molar-refractivity contribution in [2.24, 2.45) is 0 Å². The van der Waals surface area contributed by atoms with Crippen LogP contribution in [-0.2, 0) is 0 Å². The topological polar surface area (TPSA) is 17.8 Å². The molecule has 1 aromatic heterocycles. The smallest absolute Gasteiger partial charge is 0.133 e. The van der Waals surface area contributed by atoms with Crippen LogP contribution in [0.2, 0.25) is 5.15 Å². The van der Waals surface area contributed by atoms with Crippen molar-refractivity contribution in [3.05, 3.63) is 70.4 Å². The van der Waals surface area contributed by atoms with Gasteiger partial charge in [0.2, 0.25) is 0 Å². The first-order valence-corrected chi connectivity index (χ1v) is 7.33. The molecule has 0 unspecified atom stereocenters. The second-order valence-corrected chi connectivity index (χ2v) is 5.76. The molecule has 2 nitrogen and oxygen atoms in total. The first-order valence-electron chi connectivity index (χ1n) is 6.95. The maximum atomic E-state index is 6.41. The lowest BCUT2D eigenvalue weighted by Crippen LogP contribution is -2.03. The predicted molar refractivity (Wildman–Crippen MR) is 88.2 cm³/mol. The summed E-state index contributed by atoms with van der Waals surface area (Å²) >= 11 is 6.41. The molecule has 0 aliphatic carbocycles. The number of rotatable bonds is 2. The molecule has 3 aromatic rings. The van der Waals surface area contributed by atoms with Crippen molar-refractivity contribution in [2.75, 3.05) is 0 Å². The lowest BCUT2D eigenvalue weighted by molar-refractivity contribution is 0.868. The number of hydrogen-bond donors (Lipinski definition) is 0. The molecule has 0 spiro atoms. The summed E-state index contributed by atoms with van der Waals surface area (Å²) in [6.07, 6.45) is 0. The molecular weight excluding hydrogens is 280 g/mol. The van der Waals surface area contributed by atoms with Crippen LogP contribution in [0.5, 0.6) is 0 Å². The van der Waals surface area contributed by atoms with E-state index in [1.165, 1.54) is 16.7 Å². The standard InChI is InChI=1S/C18H17ClN2/c1-12-9-13(2)18(14(3)10-12)21-17(19)11-16(20-21)15-7-5-4-6-8-15/h4-11H,1-3H3. The zero-order valence-corrected chi connectivity index (χ0v) is 13.1. The Balaban J connectivity index is 2.15. The van der Waals surface area contributed by atoms with Gasteiger partial charge in [0.15, 0.2) is 0 Å². The Kier molecular flexibility index (Phi) is 3.56. The summed E-state index contributed by atoms with van der Waals surface area (Å²) in [6.45, 7) is 6.29. The molecule has 106 valence electrons. The number of aromatic nitrogens is 2. The highest BCUT2D eigenvalue weighted by Crippen LogP contribution is 2.28. The van der Waals surface area contributed by atoms with Crippen molar-refractivity contribution in [3.63, 3.8) is 0 Å². The molecule has 3 heteroatoms. The maximum Gasteiger partial charge on any atom is 0.133 e. The first kappa shape index (κ1) is 13.9. The van der Waals surface area contributed by atoms with Crippen LogP contribution in [0.25, 0.3) is 16.9 Å². The van der Waals surface area contributed by atoms with Crippen molar-refractivity contribution >= 4 is 11.6 Å². The Labute approximate surface area is 130 Å². The molecule has 0 amide bonds. The Hall–Kier alpha value is -2.06. The molecule has 2 aromatic carbocycles. The van der Waals surface area contributed by atoms with Gasteiger partial charge in [0.1, 0.15) is 5.15 Å². The summed E-state index contributed by atoms with van der Waals surface area (Å²) in [5.41, 5.74) is 6.63. The van der Waals surface area contributed by atoms with Crippen molar-refractivity contribution in [1.82, 2.24) is 9.78 Å². The maximum absolute atomic E-state index is 6.41. The highest BCUT2D eigenvalue weighted by atomic mass is 35.5. The molecule has 0 fully saturated rings. The van der Waals surface area contributed by atoms with E-state index in [1.807, 2.05) is 41.1 Å². The van der Waals surface area contributed by atoms with E-state index >= 15 is 0 Å². The van der Waals surface area contributed by atoms with Gasteiger partial charge in [-0.05, 0) is 31.9 Å². The molecule has 0 atom stereocenters. The predicted octanol–water partition coefficient (Wildman–Crippen LogP) is 5.12. The molecule has 0 aliphatic heterocycles. The Morgan fingerprint density at radius 2 is 1.52 bits per heavy atom. The molecule has 21 heavy (non-hydrogen) atoms. The highest BCUT2D eigenvalue weighted by molar-refractivity contribution is 6.30. The van der Waals surface area contributed by atoms with Crippen LogP contribution in [0.1, 0.15) is 16.7 Å². The van der Waals surface area contributed by atoms with E-state index in [4.69, 9.17) is 11.6 Å². The van der Waals surface area contributed by atoms with Crippen molar-refractivity contribution in [1.29, 1.82) is 0 Å². The molecule has 0 radical (unpaired) electrons. The molecule has 0 bridgehead atoms. The summed E-state index contributed by atoms with van der Waals surface area (Å²) < 4.78 is 1.83. The van der Waals surface area contributed by atoms with E-state index in [1.54, 1.807) is 0 Å². The van der Waals surface area contributed by atoms with Crippen LogP contribution < -0.4 is 0 Å². The molecule has 1 heterocycles. The first-order chi connectivity index (χ1) is 10.1. The Bertz CT molecular complexity index is 765. The van der Waals surface area contributed by atoms with Gasteiger partial charge in [-0.15, -0.1) is 0 Å². The second kappa shape index (κ2) is 5.38. The average molecular weight is 297 g/mol. The van der Waals surface area contributed by atoms with E-state index in [9.17, 15) is 0 Å². The summed E-state index contributed by atoms with van der Waals surface area (Å²) in [5, 5.41) is 5.31. The molecule has 0 N–H and O–H groups in total. The molecule has 0 aliphatic rings. The summed E-state index contributed by atoms with van der Waals surface area (Å²) in [7, 11) is 0. The number of halogens is 1. The van der Waals surface area contributed by atoms with Gasteiger partial charge in [0, 0.05) is 11.6 Å². The third-order valence-electron chi connectivity index (χ3n) is 3.58. The van der Waals surface area contributed by atoms with Gasteiger partial charge in [-0.25, -0.2) is 4.68 Å². The SMILES string of the molecule is Cc1cc(C)c(-n2nc(-c3ccccc3)cc2Cl)c(C)c1. The van der Waals surface area contributed by atoms with Crippen LogP contribution in [-0.4, -0.2) is 9.78 Å². The van der Waals surface area contributed by atoms with Crippen LogP contribution in [0.15, 0.2) is 48.5 Å². The van der Waals surface area contributed by atoms with Crippen LogP contribution in [0.3, 0.4) is 0 Å². The van der Waals surface area contributed by atoms with Gasteiger partial charge in [-0.2, -0.15) is 5.10 Å². The van der Waals surface area contributed by atoms with Gasteiger partial charge in [0.25, 0.3) is 0 Å². The van der Waals surface area contributed by atoms with E-state index in [0.29, 0.717) is 5.15 Å². The van der Waals surface area contributed by atoms with Gasteiger partial charge in [-0.1, -0.05) is 59.6 Å². The van der Waals surface area contributed by atoms with Gasteiger partial charge < -0.3 is 0 Å². The van der Waals surface area contributed by atoms with E-state index < -0.39 is 0 Å². The number of nitrogens with zero attached hydrogens (tertiary/aromatic N) is 2. The second-order valence-electron chi connectivity index (χ2n) is 5.38. The monoisotopic (exact) mass is 296 g/mol. The van der Waals surface area contributed by atoms with Crippen molar-refractivity contribution < 1.29 is 0 Å². The molecule has 0 saturated heterocycles. The van der Waals surface area contributed by atoms with Gasteiger partial charge >= 0.3 is 0 Å². The fraction of sp³-hybridized carbons (Fsp3) is 0.167. The summed E-state index contributed by atoms with van der Waals surface area (Å²) in [6, 6.07) is 16.3. The molecule has 3 rings (SSSR count). The molecule has 0 saturated carbocycles. The minimum Gasteiger partial charge on any atom is -0.221 e. The Morgan fingerprint density at radius 1 is 0.905 bits per heavy atom. The summed E-state index contributed by atoms with van der Waals surface area (Å²) in [4.78, 5) is 0.